The van der Waals surface area contributed by atoms with Gasteiger partial charge in [-0.25, -0.2) is 4.98 Å². The maximum atomic E-state index is 13.3. The molecule has 1 saturated heterocycles. The Morgan fingerprint density at radius 2 is 1.97 bits per heavy atom. The number of benzene rings is 1. The first kappa shape index (κ1) is 21.5. The molecule has 162 valence electrons. The molecule has 0 bridgehead atoms. The van der Waals surface area contributed by atoms with Gasteiger partial charge in [-0.05, 0) is 58.6 Å². The molecule has 0 unspecified atom stereocenters. The van der Waals surface area contributed by atoms with Crippen LogP contribution in [0.1, 0.15) is 28.9 Å². The third kappa shape index (κ3) is 4.35. The topological polar surface area (TPSA) is 72.7 Å². The van der Waals surface area contributed by atoms with Crippen LogP contribution in [0.25, 0.3) is 16.8 Å². The van der Waals surface area contributed by atoms with Gasteiger partial charge >= 0.3 is 6.18 Å². The first-order chi connectivity index (χ1) is 14.8. The number of pyridine rings is 1. The van der Waals surface area contributed by atoms with Crippen molar-refractivity contribution in [3.05, 3.63) is 68.7 Å². The smallest absolute Gasteiger partial charge is 0.379 e. The number of carbonyl (C=O) groups excluding carboxylic acids is 1. The van der Waals surface area contributed by atoms with Crippen molar-refractivity contribution < 1.29 is 22.7 Å². The summed E-state index contributed by atoms with van der Waals surface area (Å²) >= 11 is 2.71. The normalized spacial score (nSPS) is 17.0. The van der Waals surface area contributed by atoms with Gasteiger partial charge in [-0.1, -0.05) is 12.1 Å². The average Bonchev–Trinajstić information content (AvgIpc) is 2.76. The Morgan fingerprint density at radius 3 is 2.61 bits per heavy atom. The van der Waals surface area contributed by atoms with E-state index in [1.54, 1.807) is 36.4 Å². The zero-order chi connectivity index (χ0) is 22.2. The Labute approximate surface area is 183 Å². The second-order valence-electron chi connectivity index (χ2n) is 7.16. The lowest BCUT2D eigenvalue weighted by atomic mass is 10.0. The molecule has 1 aliphatic rings. The van der Waals surface area contributed by atoms with E-state index in [4.69, 9.17) is 4.74 Å². The summed E-state index contributed by atoms with van der Waals surface area (Å²) < 4.78 is 45.8. The minimum Gasteiger partial charge on any atom is -0.379 e. The van der Waals surface area contributed by atoms with Gasteiger partial charge < -0.3 is 10.1 Å². The van der Waals surface area contributed by atoms with Crippen LogP contribution in [0, 0.1) is 0 Å². The molecule has 3 heterocycles. The van der Waals surface area contributed by atoms with Crippen LogP contribution in [0.15, 0.2) is 51.9 Å². The number of halogens is 4. The van der Waals surface area contributed by atoms with Gasteiger partial charge in [-0.15, -0.1) is 0 Å². The standard InChI is InChI=1S/C21H17BrF3N3O3/c22-16-17(21(23,24)25)27-18-15(4-1-9-28(18)20(16)30)12-5-7-13(8-6-12)19(29)26-14-3-2-10-31-11-14/h1,4-9,14H,2-3,10-11H2,(H,26,29)/t14-/m1/s1. The summed E-state index contributed by atoms with van der Waals surface area (Å²) in [6.07, 6.45) is -1.71. The van der Waals surface area contributed by atoms with Crippen molar-refractivity contribution in [3.8, 4) is 11.1 Å². The number of rotatable bonds is 3. The van der Waals surface area contributed by atoms with Crippen molar-refractivity contribution >= 4 is 27.5 Å². The summed E-state index contributed by atoms with van der Waals surface area (Å²) in [6, 6.07) is 9.47. The summed E-state index contributed by atoms with van der Waals surface area (Å²) in [4.78, 5) is 28.6. The van der Waals surface area contributed by atoms with Crippen LogP contribution in [-0.2, 0) is 10.9 Å². The first-order valence-corrected chi connectivity index (χ1v) is 10.3. The van der Waals surface area contributed by atoms with Crippen LogP contribution in [0.4, 0.5) is 13.2 Å². The number of fused-ring (bicyclic) bond motifs is 1. The van der Waals surface area contributed by atoms with Crippen molar-refractivity contribution in [1.29, 1.82) is 0 Å². The van der Waals surface area contributed by atoms with Crippen molar-refractivity contribution in [3.63, 3.8) is 0 Å². The third-order valence-electron chi connectivity index (χ3n) is 5.02. The molecule has 3 aromatic rings. The second kappa shape index (κ2) is 8.43. The van der Waals surface area contributed by atoms with E-state index in [9.17, 15) is 22.8 Å². The monoisotopic (exact) mass is 495 g/mol. The molecule has 6 nitrogen and oxygen atoms in total. The van der Waals surface area contributed by atoms with E-state index in [1.807, 2.05) is 0 Å². The van der Waals surface area contributed by atoms with Crippen LogP contribution < -0.4 is 10.9 Å². The molecular weight excluding hydrogens is 479 g/mol. The first-order valence-electron chi connectivity index (χ1n) is 9.53. The molecule has 1 aliphatic heterocycles. The maximum Gasteiger partial charge on any atom is 0.434 e. The minimum atomic E-state index is -4.79. The molecule has 0 spiro atoms. The molecule has 4 rings (SSSR count). The number of carbonyl (C=O) groups is 1. The molecule has 1 aromatic carbocycles. The highest BCUT2D eigenvalue weighted by Crippen LogP contribution is 2.33. The molecule has 1 N–H and O–H groups in total. The van der Waals surface area contributed by atoms with Gasteiger partial charge in [-0.3, -0.25) is 14.0 Å². The number of aromatic nitrogens is 2. The molecule has 10 heteroatoms. The Kier molecular flexibility index (Phi) is 5.85. The quantitative estimate of drug-likeness (QED) is 0.594. The van der Waals surface area contributed by atoms with Gasteiger partial charge in [0.05, 0.1) is 12.6 Å². The SMILES string of the molecule is O=C(N[C@@H]1CCCOC1)c1ccc(-c2cccn3c(=O)c(Br)c(C(F)(F)F)nc23)cc1. The summed E-state index contributed by atoms with van der Waals surface area (Å²) in [5, 5.41) is 2.91. The van der Waals surface area contributed by atoms with Gasteiger partial charge in [0.25, 0.3) is 11.5 Å². The predicted octanol–water partition coefficient (Wildman–Crippen LogP) is 4.05. The molecule has 0 radical (unpaired) electrons. The number of ether oxygens (including phenoxy) is 1. The van der Waals surface area contributed by atoms with E-state index in [1.165, 1.54) is 6.20 Å². The number of amides is 1. The lowest BCUT2D eigenvalue weighted by Crippen LogP contribution is -2.40. The number of hydrogen-bond donors (Lipinski definition) is 1. The third-order valence-corrected chi connectivity index (χ3v) is 5.74. The summed E-state index contributed by atoms with van der Waals surface area (Å²) in [7, 11) is 0. The Hall–Kier alpha value is -2.72. The van der Waals surface area contributed by atoms with Crippen LogP contribution in [0.2, 0.25) is 0 Å². The minimum absolute atomic E-state index is 0.0469. The van der Waals surface area contributed by atoms with Crippen LogP contribution in [-0.4, -0.2) is 34.5 Å². The number of alkyl halides is 3. The second-order valence-corrected chi connectivity index (χ2v) is 7.95. The zero-order valence-electron chi connectivity index (χ0n) is 16.1. The van der Waals surface area contributed by atoms with E-state index >= 15 is 0 Å². The highest BCUT2D eigenvalue weighted by molar-refractivity contribution is 9.10. The van der Waals surface area contributed by atoms with E-state index in [2.05, 4.69) is 26.2 Å². The van der Waals surface area contributed by atoms with E-state index in [0.29, 0.717) is 29.9 Å². The summed E-state index contributed by atoms with van der Waals surface area (Å²) in [5.74, 6) is -0.252. The molecule has 0 saturated carbocycles. The molecule has 1 atom stereocenters. The molecule has 31 heavy (non-hydrogen) atoms. The molecule has 1 fully saturated rings. The molecule has 1 amide bonds. The lowest BCUT2D eigenvalue weighted by molar-refractivity contribution is -0.141. The largest absolute Gasteiger partial charge is 0.434 e. The fraction of sp³-hybridized carbons (Fsp3) is 0.286. The number of hydrogen-bond acceptors (Lipinski definition) is 4. The van der Waals surface area contributed by atoms with Crippen molar-refractivity contribution in [2.24, 2.45) is 0 Å². The average molecular weight is 496 g/mol. The van der Waals surface area contributed by atoms with Crippen LogP contribution >= 0.6 is 15.9 Å². The fourth-order valence-electron chi connectivity index (χ4n) is 3.48. The van der Waals surface area contributed by atoms with Gasteiger partial charge in [-0.2, -0.15) is 13.2 Å². The summed E-state index contributed by atoms with van der Waals surface area (Å²) in [5.41, 5.74) is -0.984. The van der Waals surface area contributed by atoms with Gasteiger partial charge in [0.15, 0.2) is 5.69 Å². The highest BCUT2D eigenvalue weighted by Gasteiger charge is 2.37. The van der Waals surface area contributed by atoms with E-state index in [-0.39, 0.29) is 17.6 Å². The van der Waals surface area contributed by atoms with Crippen LogP contribution in [0.5, 0.6) is 0 Å². The molecular formula is C21H17BrF3N3O3. The maximum absolute atomic E-state index is 13.3. The highest BCUT2D eigenvalue weighted by atomic mass is 79.9. The molecule has 2 aromatic heterocycles. The van der Waals surface area contributed by atoms with Crippen molar-refractivity contribution in [1.82, 2.24) is 14.7 Å². The Bertz CT molecular complexity index is 1190. The Balaban J connectivity index is 1.69. The molecule has 0 aliphatic carbocycles. The summed E-state index contributed by atoms with van der Waals surface area (Å²) in [6.45, 7) is 1.16. The lowest BCUT2D eigenvalue weighted by Gasteiger charge is -2.23. The van der Waals surface area contributed by atoms with Gasteiger partial charge in [0.1, 0.15) is 10.1 Å². The number of nitrogens with zero attached hydrogens (tertiary/aromatic N) is 2. The van der Waals surface area contributed by atoms with E-state index < -0.39 is 21.9 Å². The van der Waals surface area contributed by atoms with Gasteiger partial charge in [0, 0.05) is 23.9 Å². The fourth-order valence-corrected chi connectivity index (χ4v) is 3.98. The Morgan fingerprint density at radius 1 is 1.23 bits per heavy atom. The van der Waals surface area contributed by atoms with Gasteiger partial charge in [0.2, 0.25) is 0 Å². The number of nitrogens with one attached hydrogen (secondary N) is 1. The van der Waals surface area contributed by atoms with Crippen LogP contribution in [0.3, 0.4) is 0 Å². The van der Waals surface area contributed by atoms with Crippen molar-refractivity contribution in [2.75, 3.05) is 13.2 Å². The predicted molar refractivity (Wildman–Crippen MR) is 111 cm³/mol. The van der Waals surface area contributed by atoms with E-state index in [0.717, 1.165) is 17.2 Å². The van der Waals surface area contributed by atoms with Crippen molar-refractivity contribution in [2.45, 2.75) is 25.1 Å². The zero-order valence-corrected chi connectivity index (χ0v) is 17.7.